The molecule has 0 radical (unpaired) electrons. The molecule has 0 unspecified atom stereocenters. The number of carbonyl (C=O) groups is 1. The largest absolute Gasteiger partial charge is 0.326 e. The number of hydrogen-bond donors (Lipinski definition) is 1. The number of hydrogen-bond acceptors (Lipinski definition) is 3. The minimum absolute atomic E-state index is 0.0468. The first-order chi connectivity index (χ1) is 13.2. The highest BCUT2D eigenvalue weighted by Crippen LogP contribution is 2.13. The highest BCUT2D eigenvalue weighted by Gasteiger charge is 2.16. The number of benzene rings is 2. The highest BCUT2D eigenvalue weighted by molar-refractivity contribution is 6.30. The molecule has 0 bridgehead atoms. The third-order valence-corrected chi connectivity index (χ3v) is 4.97. The van der Waals surface area contributed by atoms with Crippen LogP contribution in [0.15, 0.2) is 60.7 Å². The summed E-state index contributed by atoms with van der Waals surface area (Å²) in [4.78, 5) is 16.9. The third-order valence-electron chi connectivity index (χ3n) is 4.72. The fourth-order valence-corrected chi connectivity index (χ4v) is 3.24. The Morgan fingerprint density at radius 1 is 0.963 bits per heavy atom. The normalized spacial score (nSPS) is 15.9. The number of piperazine rings is 1. The van der Waals surface area contributed by atoms with Gasteiger partial charge in [-0.05, 0) is 29.8 Å². The van der Waals surface area contributed by atoms with Gasteiger partial charge in [-0.25, -0.2) is 0 Å². The Morgan fingerprint density at radius 3 is 2.33 bits per heavy atom. The first kappa shape index (κ1) is 19.6. The average molecular weight is 384 g/mol. The predicted octanol–water partition coefficient (Wildman–Crippen LogP) is 4.00. The molecule has 2 aromatic rings. The molecule has 1 aliphatic rings. The topological polar surface area (TPSA) is 35.6 Å². The van der Waals surface area contributed by atoms with E-state index in [9.17, 15) is 4.79 Å². The molecule has 27 heavy (non-hydrogen) atoms. The van der Waals surface area contributed by atoms with Crippen molar-refractivity contribution in [1.29, 1.82) is 0 Å². The van der Waals surface area contributed by atoms with Gasteiger partial charge in [0, 0.05) is 56.4 Å². The first-order valence-corrected chi connectivity index (χ1v) is 9.78. The van der Waals surface area contributed by atoms with Crippen molar-refractivity contribution in [2.75, 3.05) is 44.6 Å². The molecule has 1 heterocycles. The van der Waals surface area contributed by atoms with E-state index >= 15 is 0 Å². The highest BCUT2D eigenvalue weighted by atomic mass is 35.5. The SMILES string of the molecule is O=C(CCN1CCN(C/C=C\c2ccccc2)CC1)Nc1ccc(Cl)cc1. The summed E-state index contributed by atoms with van der Waals surface area (Å²) in [6.07, 6.45) is 4.91. The summed E-state index contributed by atoms with van der Waals surface area (Å²) >= 11 is 5.86. The van der Waals surface area contributed by atoms with Gasteiger partial charge < -0.3 is 10.2 Å². The van der Waals surface area contributed by atoms with Crippen LogP contribution in [-0.4, -0.2) is 55.0 Å². The van der Waals surface area contributed by atoms with Crippen LogP contribution in [0.5, 0.6) is 0 Å². The van der Waals surface area contributed by atoms with Gasteiger partial charge in [0.2, 0.25) is 5.91 Å². The first-order valence-electron chi connectivity index (χ1n) is 9.41. The second kappa shape index (κ2) is 10.3. The van der Waals surface area contributed by atoms with Crippen LogP contribution in [0.3, 0.4) is 0 Å². The number of carbonyl (C=O) groups excluding carboxylic acids is 1. The lowest BCUT2D eigenvalue weighted by molar-refractivity contribution is -0.116. The molecule has 0 aromatic heterocycles. The van der Waals surface area contributed by atoms with Crippen molar-refractivity contribution in [3.63, 3.8) is 0 Å². The molecule has 1 saturated heterocycles. The van der Waals surface area contributed by atoms with E-state index in [1.807, 2.05) is 18.2 Å². The van der Waals surface area contributed by atoms with E-state index in [4.69, 9.17) is 11.6 Å². The van der Waals surface area contributed by atoms with Crippen LogP contribution >= 0.6 is 11.6 Å². The van der Waals surface area contributed by atoms with E-state index in [0.29, 0.717) is 11.4 Å². The lowest BCUT2D eigenvalue weighted by Crippen LogP contribution is -2.46. The minimum Gasteiger partial charge on any atom is -0.326 e. The summed E-state index contributed by atoms with van der Waals surface area (Å²) in [6, 6.07) is 17.6. The predicted molar refractivity (Wildman–Crippen MR) is 113 cm³/mol. The van der Waals surface area contributed by atoms with Crippen LogP contribution in [0.25, 0.3) is 6.08 Å². The average Bonchev–Trinajstić information content (AvgIpc) is 2.70. The molecule has 0 atom stereocenters. The van der Waals surface area contributed by atoms with Crippen molar-refractivity contribution >= 4 is 29.3 Å². The quantitative estimate of drug-likeness (QED) is 0.784. The summed E-state index contributed by atoms with van der Waals surface area (Å²) in [5, 5.41) is 3.59. The molecule has 3 rings (SSSR count). The Balaban J connectivity index is 1.32. The zero-order valence-electron chi connectivity index (χ0n) is 15.5. The van der Waals surface area contributed by atoms with Gasteiger partial charge in [-0.3, -0.25) is 9.69 Å². The van der Waals surface area contributed by atoms with Crippen LogP contribution in [0, 0.1) is 0 Å². The second-order valence-corrected chi connectivity index (χ2v) is 7.20. The van der Waals surface area contributed by atoms with E-state index < -0.39 is 0 Å². The standard InChI is InChI=1S/C22H26ClN3O/c23-20-8-10-21(11-9-20)24-22(27)12-14-26-17-15-25(16-18-26)13-4-7-19-5-2-1-3-6-19/h1-11H,12-18H2,(H,24,27)/b7-4-. The summed E-state index contributed by atoms with van der Waals surface area (Å²) in [6.45, 7) is 5.86. The Morgan fingerprint density at radius 2 is 1.63 bits per heavy atom. The molecule has 0 saturated carbocycles. The Kier molecular flexibility index (Phi) is 7.45. The number of halogens is 1. The second-order valence-electron chi connectivity index (χ2n) is 6.76. The summed E-state index contributed by atoms with van der Waals surface area (Å²) in [7, 11) is 0. The van der Waals surface area contributed by atoms with Gasteiger partial charge in [0.05, 0.1) is 0 Å². The molecule has 0 aliphatic carbocycles. The molecule has 4 nitrogen and oxygen atoms in total. The molecule has 1 amide bonds. The van der Waals surface area contributed by atoms with Gasteiger partial charge in [0.1, 0.15) is 0 Å². The van der Waals surface area contributed by atoms with Crippen LogP contribution < -0.4 is 5.32 Å². The zero-order chi connectivity index (χ0) is 18.9. The van der Waals surface area contributed by atoms with Crippen LogP contribution in [0.2, 0.25) is 5.02 Å². The van der Waals surface area contributed by atoms with E-state index in [0.717, 1.165) is 45.0 Å². The molecule has 1 N–H and O–H groups in total. The smallest absolute Gasteiger partial charge is 0.225 e. The monoisotopic (exact) mass is 383 g/mol. The maximum atomic E-state index is 12.1. The molecular formula is C22H26ClN3O. The molecule has 1 fully saturated rings. The summed E-state index contributed by atoms with van der Waals surface area (Å²) in [5.74, 6) is 0.0468. The third kappa shape index (κ3) is 6.83. The fraction of sp³-hybridized carbons (Fsp3) is 0.318. The van der Waals surface area contributed by atoms with Gasteiger partial charge in [0.15, 0.2) is 0 Å². The lowest BCUT2D eigenvalue weighted by Gasteiger charge is -2.34. The van der Waals surface area contributed by atoms with Crippen LogP contribution in [0.4, 0.5) is 5.69 Å². The van der Waals surface area contributed by atoms with Gasteiger partial charge >= 0.3 is 0 Å². The van der Waals surface area contributed by atoms with Crippen molar-refractivity contribution < 1.29 is 4.79 Å². The van der Waals surface area contributed by atoms with Crippen molar-refractivity contribution in [2.45, 2.75) is 6.42 Å². The summed E-state index contributed by atoms with van der Waals surface area (Å²) < 4.78 is 0. The van der Waals surface area contributed by atoms with Crippen molar-refractivity contribution in [3.05, 3.63) is 71.3 Å². The van der Waals surface area contributed by atoms with E-state index in [1.54, 1.807) is 12.1 Å². The molecular weight excluding hydrogens is 358 g/mol. The number of nitrogens with zero attached hydrogens (tertiary/aromatic N) is 2. The van der Waals surface area contributed by atoms with Gasteiger partial charge in [-0.15, -0.1) is 0 Å². The van der Waals surface area contributed by atoms with Crippen molar-refractivity contribution in [3.8, 4) is 0 Å². The number of rotatable bonds is 7. The maximum Gasteiger partial charge on any atom is 0.225 e. The summed E-state index contributed by atoms with van der Waals surface area (Å²) in [5.41, 5.74) is 2.03. The van der Waals surface area contributed by atoms with E-state index in [2.05, 4.69) is 51.5 Å². The van der Waals surface area contributed by atoms with E-state index in [1.165, 1.54) is 5.56 Å². The zero-order valence-corrected chi connectivity index (χ0v) is 16.2. The van der Waals surface area contributed by atoms with Crippen molar-refractivity contribution in [2.24, 2.45) is 0 Å². The van der Waals surface area contributed by atoms with Crippen LogP contribution in [-0.2, 0) is 4.79 Å². The lowest BCUT2D eigenvalue weighted by atomic mass is 10.2. The Hall–Kier alpha value is -2.14. The molecule has 142 valence electrons. The maximum absolute atomic E-state index is 12.1. The minimum atomic E-state index is 0.0468. The van der Waals surface area contributed by atoms with Crippen LogP contribution in [0.1, 0.15) is 12.0 Å². The molecule has 1 aliphatic heterocycles. The Labute approximate surface area is 166 Å². The number of anilines is 1. The molecule has 5 heteroatoms. The Bertz CT molecular complexity index is 738. The number of amides is 1. The fourth-order valence-electron chi connectivity index (χ4n) is 3.11. The molecule has 2 aromatic carbocycles. The van der Waals surface area contributed by atoms with Gasteiger partial charge in [0.25, 0.3) is 0 Å². The molecule has 0 spiro atoms. The van der Waals surface area contributed by atoms with Gasteiger partial charge in [-0.1, -0.05) is 54.1 Å². The van der Waals surface area contributed by atoms with E-state index in [-0.39, 0.29) is 5.91 Å². The van der Waals surface area contributed by atoms with Crippen molar-refractivity contribution in [1.82, 2.24) is 9.80 Å². The number of nitrogens with one attached hydrogen (secondary N) is 1. The van der Waals surface area contributed by atoms with Gasteiger partial charge in [-0.2, -0.15) is 0 Å².